The van der Waals surface area contributed by atoms with Crippen LogP contribution >= 0.6 is 0 Å². The fourth-order valence-electron chi connectivity index (χ4n) is 2.86. The molecule has 1 aliphatic rings. The summed E-state index contributed by atoms with van der Waals surface area (Å²) in [5, 5.41) is 2.48. The normalized spacial score (nSPS) is 20.4. The molecule has 2 aromatic rings. The van der Waals surface area contributed by atoms with Crippen LogP contribution in [0.4, 0.5) is 13.6 Å². The first-order valence-corrected chi connectivity index (χ1v) is 7.47. The van der Waals surface area contributed by atoms with Crippen LogP contribution in [0, 0.1) is 18.6 Å². The van der Waals surface area contributed by atoms with Crippen LogP contribution in [0.2, 0.25) is 0 Å². The Bertz CT molecular complexity index is 838. The Balaban J connectivity index is 1.96. The minimum absolute atomic E-state index is 0.0733. The van der Waals surface area contributed by atoms with Crippen LogP contribution in [0.1, 0.15) is 23.6 Å². The Morgan fingerprint density at radius 2 is 1.83 bits per heavy atom. The summed E-state index contributed by atoms with van der Waals surface area (Å²) in [6.07, 6.45) is 0. The first-order valence-electron chi connectivity index (χ1n) is 7.47. The number of aryl methyl sites for hydroxylation is 1. The van der Waals surface area contributed by atoms with Crippen LogP contribution < -0.4 is 5.32 Å². The Morgan fingerprint density at radius 3 is 2.54 bits per heavy atom. The van der Waals surface area contributed by atoms with E-state index >= 15 is 0 Å². The zero-order chi connectivity index (χ0) is 17.5. The molecule has 0 saturated carbocycles. The van der Waals surface area contributed by atoms with E-state index in [0.717, 1.165) is 34.2 Å². The fourth-order valence-corrected chi connectivity index (χ4v) is 2.86. The van der Waals surface area contributed by atoms with Gasteiger partial charge in [-0.2, -0.15) is 0 Å². The summed E-state index contributed by atoms with van der Waals surface area (Å²) in [6, 6.07) is 9.57. The van der Waals surface area contributed by atoms with Gasteiger partial charge in [0.15, 0.2) is 0 Å². The highest BCUT2D eigenvalue weighted by Crippen LogP contribution is 2.32. The minimum Gasteiger partial charge on any atom is -0.319 e. The molecule has 1 unspecified atom stereocenters. The van der Waals surface area contributed by atoms with E-state index in [9.17, 15) is 18.4 Å². The first kappa shape index (κ1) is 16.1. The van der Waals surface area contributed by atoms with Crippen LogP contribution in [0.5, 0.6) is 0 Å². The van der Waals surface area contributed by atoms with E-state index in [-0.39, 0.29) is 12.1 Å². The van der Waals surface area contributed by atoms with Crippen molar-refractivity contribution in [3.63, 3.8) is 0 Å². The molecule has 3 rings (SSSR count). The summed E-state index contributed by atoms with van der Waals surface area (Å²) < 4.78 is 27.6. The minimum atomic E-state index is -1.63. The zero-order valence-corrected chi connectivity index (χ0v) is 13.3. The van der Waals surface area contributed by atoms with Gasteiger partial charge in [0.25, 0.3) is 5.91 Å². The molecule has 4 nitrogen and oxygen atoms in total. The number of amides is 3. The SMILES string of the molecule is Cc1ccccc1CN1C(=O)NC(C)(c2cc(F)ccc2F)C1=O. The number of nitrogens with one attached hydrogen (secondary N) is 1. The van der Waals surface area contributed by atoms with Crippen molar-refractivity contribution >= 4 is 11.9 Å². The second-order valence-corrected chi connectivity index (χ2v) is 6.00. The topological polar surface area (TPSA) is 49.4 Å². The van der Waals surface area contributed by atoms with Crippen LogP contribution in [0.15, 0.2) is 42.5 Å². The maximum Gasteiger partial charge on any atom is 0.325 e. The average Bonchev–Trinajstić information content (AvgIpc) is 2.76. The summed E-state index contributed by atoms with van der Waals surface area (Å²) in [5.41, 5.74) is -0.0758. The molecule has 1 heterocycles. The van der Waals surface area contributed by atoms with E-state index in [1.165, 1.54) is 6.92 Å². The van der Waals surface area contributed by atoms with E-state index in [1.807, 2.05) is 31.2 Å². The molecule has 1 aliphatic heterocycles. The standard InChI is InChI=1S/C18H16F2N2O2/c1-11-5-3-4-6-12(11)10-22-16(23)18(2,21-17(22)24)14-9-13(19)7-8-15(14)20/h3-9H,10H2,1-2H3,(H,21,24). The Morgan fingerprint density at radius 1 is 1.12 bits per heavy atom. The highest BCUT2D eigenvalue weighted by atomic mass is 19.1. The number of benzene rings is 2. The molecular weight excluding hydrogens is 314 g/mol. The van der Waals surface area contributed by atoms with Gasteiger partial charge < -0.3 is 5.32 Å². The maximum absolute atomic E-state index is 14.1. The third-order valence-electron chi connectivity index (χ3n) is 4.33. The molecule has 0 aromatic heterocycles. The maximum atomic E-state index is 14.1. The third-order valence-corrected chi connectivity index (χ3v) is 4.33. The van der Waals surface area contributed by atoms with E-state index in [4.69, 9.17) is 0 Å². The van der Waals surface area contributed by atoms with Crippen LogP contribution in [0.3, 0.4) is 0 Å². The summed E-state index contributed by atoms with van der Waals surface area (Å²) >= 11 is 0. The molecule has 1 fully saturated rings. The zero-order valence-electron chi connectivity index (χ0n) is 13.3. The molecule has 2 aromatic carbocycles. The van der Waals surface area contributed by atoms with Gasteiger partial charge in [0.2, 0.25) is 0 Å². The van der Waals surface area contributed by atoms with Gasteiger partial charge in [-0.1, -0.05) is 24.3 Å². The van der Waals surface area contributed by atoms with Gasteiger partial charge in [0, 0.05) is 5.56 Å². The predicted molar refractivity (Wildman–Crippen MR) is 84.0 cm³/mol. The summed E-state index contributed by atoms with van der Waals surface area (Å²) in [5.74, 6) is -2.03. The molecule has 1 N–H and O–H groups in total. The lowest BCUT2D eigenvalue weighted by molar-refractivity contribution is -0.131. The van der Waals surface area contributed by atoms with Crippen molar-refractivity contribution in [1.82, 2.24) is 10.2 Å². The number of rotatable bonds is 3. The molecule has 0 aliphatic carbocycles. The number of hydrogen-bond acceptors (Lipinski definition) is 2. The van der Waals surface area contributed by atoms with Gasteiger partial charge in [-0.25, -0.2) is 13.6 Å². The van der Waals surface area contributed by atoms with Gasteiger partial charge in [-0.15, -0.1) is 0 Å². The van der Waals surface area contributed by atoms with E-state index < -0.39 is 29.1 Å². The Kier molecular flexibility index (Phi) is 3.83. The number of nitrogens with zero attached hydrogens (tertiary/aromatic N) is 1. The van der Waals surface area contributed by atoms with Gasteiger partial charge in [-0.05, 0) is 43.2 Å². The lowest BCUT2D eigenvalue weighted by Gasteiger charge is -2.23. The molecular formula is C18H16F2N2O2. The molecule has 124 valence electrons. The van der Waals surface area contributed by atoms with Crippen molar-refractivity contribution in [3.8, 4) is 0 Å². The molecule has 1 saturated heterocycles. The van der Waals surface area contributed by atoms with Crippen molar-refractivity contribution in [1.29, 1.82) is 0 Å². The number of carbonyl (C=O) groups excluding carboxylic acids is 2. The van der Waals surface area contributed by atoms with Crippen LogP contribution in [-0.4, -0.2) is 16.8 Å². The largest absolute Gasteiger partial charge is 0.325 e. The number of imide groups is 1. The van der Waals surface area contributed by atoms with Crippen LogP contribution in [-0.2, 0) is 16.9 Å². The summed E-state index contributed by atoms with van der Waals surface area (Å²) in [7, 11) is 0. The lowest BCUT2D eigenvalue weighted by atomic mass is 9.91. The second-order valence-electron chi connectivity index (χ2n) is 6.00. The van der Waals surface area contributed by atoms with Crippen molar-refractivity contribution in [2.45, 2.75) is 25.9 Å². The molecule has 1 atom stereocenters. The number of urea groups is 1. The Hall–Kier alpha value is -2.76. The van der Waals surface area contributed by atoms with Gasteiger partial charge in [0.1, 0.15) is 17.2 Å². The van der Waals surface area contributed by atoms with Gasteiger partial charge >= 0.3 is 6.03 Å². The number of carbonyl (C=O) groups is 2. The monoisotopic (exact) mass is 330 g/mol. The molecule has 6 heteroatoms. The lowest BCUT2D eigenvalue weighted by Crippen LogP contribution is -2.41. The third kappa shape index (κ3) is 2.54. The van der Waals surface area contributed by atoms with Crippen LogP contribution in [0.25, 0.3) is 0 Å². The number of halogens is 2. The number of hydrogen-bond donors (Lipinski definition) is 1. The Labute approximate surface area is 138 Å². The summed E-state index contributed by atoms with van der Waals surface area (Å²) in [4.78, 5) is 26.1. The van der Waals surface area contributed by atoms with E-state index in [0.29, 0.717) is 0 Å². The van der Waals surface area contributed by atoms with Crippen molar-refractivity contribution in [2.75, 3.05) is 0 Å². The first-order chi connectivity index (χ1) is 11.3. The van der Waals surface area contributed by atoms with Crippen molar-refractivity contribution < 1.29 is 18.4 Å². The highest BCUT2D eigenvalue weighted by Gasteiger charge is 2.50. The predicted octanol–water partition coefficient (Wildman–Crippen LogP) is 3.24. The molecule has 0 spiro atoms. The fraction of sp³-hybridized carbons (Fsp3) is 0.222. The van der Waals surface area contributed by atoms with Gasteiger partial charge in [0.05, 0.1) is 6.54 Å². The smallest absolute Gasteiger partial charge is 0.319 e. The second kappa shape index (κ2) is 5.70. The van der Waals surface area contributed by atoms with E-state index in [1.54, 1.807) is 0 Å². The van der Waals surface area contributed by atoms with E-state index in [2.05, 4.69) is 5.32 Å². The molecule has 0 bridgehead atoms. The summed E-state index contributed by atoms with van der Waals surface area (Å²) in [6.45, 7) is 3.33. The average molecular weight is 330 g/mol. The molecule has 24 heavy (non-hydrogen) atoms. The van der Waals surface area contributed by atoms with Crippen molar-refractivity contribution in [2.24, 2.45) is 0 Å². The van der Waals surface area contributed by atoms with Gasteiger partial charge in [-0.3, -0.25) is 9.69 Å². The highest BCUT2D eigenvalue weighted by molar-refractivity contribution is 6.07. The molecule has 0 radical (unpaired) electrons. The van der Waals surface area contributed by atoms with Crippen molar-refractivity contribution in [3.05, 3.63) is 70.8 Å². The molecule has 3 amide bonds. The quantitative estimate of drug-likeness (QED) is 0.879.